The molecule has 1 aromatic heterocycles. The van der Waals surface area contributed by atoms with Crippen LogP contribution in [0, 0.1) is 0 Å². The van der Waals surface area contributed by atoms with Crippen molar-refractivity contribution in [1.29, 1.82) is 0 Å². The Kier molecular flexibility index (Phi) is 1.42. The predicted octanol–water partition coefficient (Wildman–Crippen LogP) is 0.0992. The average molecular weight is 152 g/mol. The van der Waals surface area contributed by atoms with E-state index in [1.807, 2.05) is 7.05 Å². The molecule has 0 aliphatic heterocycles. The Morgan fingerprint density at radius 1 is 1.73 bits per heavy atom. The molecular formula is C7H12N4. The third-order valence-corrected chi connectivity index (χ3v) is 2.35. The van der Waals surface area contributed by atoms with Crippen molar-refractivity contribution in [2.24, 2.45) is 0 Å². The minimum atomic E-state index is 0.333. The molecule has 1 aliphatic carbocycles. The van der Waals surface area contributed by atoms with Crippen LogP contribution in [0.4, 0.5) is 0 Å². The summed E-state index contributed by atoms with van der Waals surface area (Å²) in [7, 11) is 2.00. The van der Waals surface area contributed by atoms with Crippen LogP contribution in [0.1, 0.15) is 18.7 Å². The molecule has 0 unspecified atom stereocenters. The number of aromatic nitrogens is 3. The molecule has 2 N–H and O–H groups in total. The van der Waals surface area contributed by atoms with Crippen LogP contribution in [0.3, 0.4) is 0 Å². The zero-order valence-electron chi connectivity index (χ0n) is 6.59. The van der Waals surface area contributed by atoms with Gasteiger partial charge in [0.15, 0.2) is 0 Å². The molecule has 0 aromatic carbocycles. The molecule has 1 saturated carbocycles. The highest BCUT2D eigenvalue weighted by Gasteiger charge is 2.41. The van der Waals surface area contributed by atoms with E-state index in [1.54, 1.807) is 6.33 Å². The van der Waals surface area contributed by atoms with Crippen molar-refractivity contribution in [2.45, 2.75) is 24.8 Å². The molecular weight excluding hydrogens is 140 g/mol. The number of rotatable bonds is 3. The Hall–Kier alpha value is -0.900. The van der Waals surface area contributed by atoms with Crippen LogP contribution in [0.5, 0.6) is 0 Å². The fourth-order valence-electron chi connectivity index (χ4n) is 1.30. The van der Waals surface area contributed by atoms with Gasteiger partial charge in [-0.2, -0.15) is 5.10 Å². The molecule has 1 aliphatic rings. The van der Waals surface area contributed by atoms with E-state index >= 15 is 0 Å². The highest BCUT2D eigenvalue weighted by Crippen LogP contribution is 2.37. The zero-order chi connectivity index (χ0) is 7.73. The minimum Gasteiger partial charge on any atom is -0.314 e. The molecule has 1 heterocycles. The molecule has 1 fully saturated rings. The summed E-state index contributed by atoms with van der Waals surface area (Å²) in [5, 5.41) is 9.97. The Balaban J connectivity index is 2.01. The maximum absolute atomic E-state index is 4.08. The van der Waals surface area contributed by atoms with Crippen molar-refractivity contribution < 1.29 is 0 Å². The van der Waals surface area contributed by atoms with Gasteiger partial charge in [0.25, 0.3) is 0 Å². The zero-order valence-corrected chi connectivity index (χ0v) is 6.59. The Bertz CT molecular complexity index is 225. The fraction of sp³-hybridized carbons (Fsp3) is 0.714. The Morgan fingerprint density at radius 3 is 3.00 bits per heavy atom. The molecule has 0 bridgehead atoms. The lowest BCUT2D eigenvalue weighted by Crippen LogP contribution is -2.30. The molecule has 1 aromatic rings. The first kappa shape index (κ1) is 6.79. The first-order valence-electron chi connectivity index (χ1n) is 3.88. The predicted molar refractivity (Wildman–Crippen MR) is 41.1 cm³/mol. The van der Waals surface area contributed by atoms with Gasteiger partial charge in [0.2, 0.25) is 0 Å². The highest BCUT2D eigenvalue weighted by atomic mass is 15.2. The maximum atomic E-state index is 4.08. The molecule has 2 rings (SSSR count). The van der Waals surface area contributed by atoms with Crippen LogP contribution in [-0.4, -0.2) is 27.8 Å². The molecule has 0 spiro atoms. The Morgan fingerprint density at radius 2 is 2.55 bits per heavy atom. The summed E-state index contributed by atoms with van der Waals surface area (Å²) in [4.78, 5) is 4.08. The summed E-state index contributed by atoms with van der Waals surface area (Å²) in [6.45, 7) is 0. The number of aromatic amines is 1. The monoisotopic (exact) mass is 152 g/mol. The second-order valence-electron chi connectivity index (χ2n) is 3.14. The van der Waals surface area contributed by atoms with Crippen LogP contribution in [-0.2, 0) is 6.42 Å². The summed E-state index contributed by atoms with van der Waals surface area (Å²) >= 11 is 0. The SMILES string of the molecule is CNC1(Cc2ncn[nH]2)CC1. The number of H-pyrrole nitrogens is 1. The number of likely N-dealkylation sites (N-methyl/N-ethyl adjacent to an activating group) is 1. The number of nitrogens with zero attached hydrogens (tertiary/aromatic N) is 2. The van der Waals surface area contributed by atoms with Gasteiger partial charge in [-0.05, 0) is 19.9 Å². The maximum Gasteiger partial charge on any atom is 0.137 e. The van der Waals surface area contributed by atoms with E-state index in [0.717, 1.165) is 12.2 Å². The summed E-state index contributed by atoms with van der Waals surface area (Å²) < 4.78 is 0. The molecule has 0 saturated heterocycles. The highest BCUT2D eigenvalue weighted by molar-refractivity contribution is 5.07. The molecule has 0 radical (unpaired) electrons. The molecule has 0 atom stereocenters. The fourth-order valence-corrected chi connectivity index (χ4v) is 1.30. The standard InChI is InChI=1S/C7H12N4/c1-8-7(2-3-7)4-6-9-5-10-11-6/h5,8H,2-4H2,1H3,(H,9,10,11). The van der Waals surface area contributed by atoms with Gasteiger partial charge < -0.3 is 5.32 Å². The van der Waals surface area contributed by atoms with E-state index in [9.17, 15) is 0 Å². The number of hydrogen-bond acceptors (Lipinski definition) is 3. The van der Waals surface area contributed by atoms with Crippen molar-refractivity contribution >= 4 is 0 Å². The van der Waals surface area contributed by atoms with E-state index < -0.39 is 0 Å². The lowest BCUT2D eigenvalue weighted by Gasteiger charge is -2.10. The lowest BCUT2D eigenvalue weighted by molar-refractivity contribution is 0.535. The average Bonchev–Trinajstić information content (AvgIpc) is 2.59. The van der Waals surface area contributed by atoms with Gasteiger partial charge >= 0.3 is 0 Å². The summed E-state index contributed by atoms with van der Waals surface area (Å²) in [5.74, 6) is 0.983. The van der Waals surface area contributed by atoms with Crippen LogP contribution >= 0.6 is 0 Å². The van der Waals surface area contributed by atoms with Gasteiger partial charge in [-0.15, -0.1) is 0 Å². The van der Waals surface area contributed by atoms with Crippen molar-refractivity contribution in [3.63, 3.8) is 0 Å². The van der Waals surface area contributed by atoms with E-state index in [1.165, 1.54) is 12.8 Å². The Labute approximate surface area is 65.4 Å². The van der Waals surface area contributed by atoms with E-state index in [2.05, 4.69) is 20.5 Å². The second kappa shape index (κ2) is 2.30. The first-order valence-corrected chi connectivity index (χ1v) is 3.88. The van der Waals surface area contributed by atoms with Crippen LogP contribution in [0.15, 0.2) is 6.33 Å². The minimum absolute atomic E-state index is 0.333. The second-order valence-corrected chi connectivity index (χ2v) is 3.14. The van der Waals surface area contributed by atoms with Crippen molar-refractivity contribution in [2.75, 3.05) is 7.05 Å². The third-order valence-electron chi connectivity index (χ3n) is 2.35. The molecule has 4 heteroatoms. The molecule has 11 heavy (non-hydrogen) atoms. The number of nitrogens with one attached hydrogen (secondary N) is 2. The smallest absolute Gasteiger partial charge is 0.137 e. The third kappa shape index (κ3) is 1.26. The quantitative estimate of drug-likeness (QED) is 0.646. The van der Waals surface area contributed by atoms with Gasteiger partial charge in [-0.1, -0.05) is 0 Å². The largest absolute Gasteiger partial charge is 0.314 e. The van der Waals surface area contributed by atoms with Gasteiger partial charge in [0, 0.05) is 12.0 Å². The van der Waals surface area contributed by atoms with Gasteiger partial charge in [-0.3, -0.25) is 5.10 Å². The normalized spacial score (nSPS) is 20.1. The molecule has 0 amide bonds. The number of hydrogen-bond donors (Lipinski definition) is 2. The van der Waals surface area contributed by atoms with Crippen molar-refractivity contribution in [3.05, 3.63) is 12.2 Å². The molecule has 60 valence electrons. The topological polar surface area (TPSA) is 53.6 Å². The van der Waals surface area contributed by atoms with Gasteiger partial charge in [0.1, 0.15) is 12.2 Å². The van der Waals surface area contributed by atoms with E-state index in [-0.39, 0.29) is 0 Å². The first-order chi connectivity index (χ1) is 5.35. The van der Waals surface area contributed by atoms with E-state index in [4.69, 9.17) is 0 Å². The summed E-state index contributed by atoms with van der Waals surface area (Å²) in [5.41, 5.74) is 0.333. The summed E-state index contributed by atoms with van der Waals surface area (Å²) in [6.07, 6.45) is 5.04. The molecule has 4 nitrogen and oxygen atoms in total. The van der Waals surface area contributed by atoms with Crippen molar-refractivity contribution in [1.82, 2.24) is 20.5 Å². The van der Waals surface area contributed by atoms with Crippen LogP contribution < -0.4 is 5.32 Å². The van der Waals surface area contributed by atoms with Gasteiger partial charge in [-0.25, -0.2) is 4.98 Å². The van der Waals surface area contributed by atoms with Crippen LogP contribution in [0.2, 0.25) is 0 Å². The van der Waals surface area contributed by atoms with Crippen LogP contribution in [0.25, 0.3) is 0 Å². The van der Waals surface area contributed by atoms with Gasteiger partial charge in [0.05, 0.1) is 0 Å². The van der Waals surface area contributed by atoms with E-state index in [0.29, 0.717) is 5.54 Å². The van der Waals surface area contributed by atoms with Crippen molar-refractivity contribution in [3.8, 4) is 0 Å². The lowest BCUT2D eigenvalue weighted by atomic mass is 10.2. The summed E-state index contributed by atoms with van der Waals surface area (Å²) in [6, 6.07) is 0.